The summed E-state index contributed by atoms with van der Waals surface area (Å²) >= 11 is 1.24. The fraction of sp³-hybridized carbons (Fsp3) is 0.158. The second-order valence-corrected chi connectivity index (χ2v) is 6.82. The van der Waals surface area contributed by atoms with Gasteiger partial charge >= 0.3 is 0 Å². The van der Waals surface area contributed by atoms with Crippen LogP contribution in [0.3, 0.4) is 0 Å². The normalized spacial score (nSPS) is 10.8. The number of benzene rings is 2. The molecule has 0 bridgehead atoms. The Morgan fingerprint density at radius 2 is 1.92 bits per heavy atom. The maximum atomic E-state index is 12.3. The van der Waals surface area contributed by atoms with E-state index < -0.39 is 0 Å². The molecule has 0 aliphatic heterocycles. The van der Waals surface area contributed by atoms with Gasteiger partial charge in [0, 0.05) is 40.6 Å². The van der Waals surface area contributed by atoms with Crippen LogP contribution in [-0.4, -0.2) is 22.2 Å². The first-order valence-electron chi connectivity index (χ1n) is 8.00. The predicted molar refractivity (Wildman–Crippen MR) is 103 cm³/mol. The molecule has 0 atom stereocenters. The molecule has 0 aliphatic carbocycles. The number of nitrogens with two attached hydrogens (primary N) is 1. The maximum Gasteiger partial charge on any atom is 0.251 e. The molecule has 0 spiro atoms. The number of carbonyl (C=O) groups is 1. The lowest BCUT2D eigenvalue weighted by Gasteiger charge is -2.09. The van der Waals surface area contributed by atoms with Crippen LogP contribution in [0, 0.1) is 12.3 Å². The lowest BCUT2D eigenvalue weighted by Crippen LogP contribution is -2.27. The van der Waals surface area contributed by atoms with Gasteiger partial charge in [-0.05, 0) is 24.6 Å². The zero-order chi connectivity index (χ0) is 17.8. The molecule has 1 heterocycles. The highest BCUT2D eigenvalue weighted by Gasteiger charge is 2.11. The highest BCUT2D eigenvalue weighted by molar-refractivity contribution is 8.13. The lowest BCUT2D eigenvalue weighted by molar-refractivity contribution is 0.0952. The molecule has 0 fully saturated rings. The first kappa shape index (κ1) is 17.1. The van der Waals surface area contributed by atoms with Crippen LogP contribution in [0.5, 0.6) is 0 Å². The Morgan fingerprint density at radius 3 is 2.68 bits per heavy atom. The summed E-state index contributed by atoms with van der Waals surface area (Å²) in [5.74, 6) is -0.0621. The van der Waals surface area contributed by atoms with Crippen molar-refractivity contribution in [3.63, 3.8) is 0 Å². The molecule has 25 heavy (non-hydrogen) atoms. The topological polar surface area (TPSA) is 83.9 Å². The standard InChI is InChI=1S/C19H20N4OS/c1-13-6-2-3-7-14(13)18(24)22-10-11-23-12-17(25-19(20)21)15-8-4-5-9-16(15)23/h2-9,12H,10-11H2,1H3,(H3,20,21)(H,22,24). The molecule has 3 rings (SSSR count). The SMILES string of the molecule is Cc1ccccc1C(=O)NCCn1cc(SC(=N)N)c2ccccc21. The van der Waals surface area contributed by atoms with E-state index in [2.05, 4.69) is 9.88 Å². The Balaban J connectivity index is 1.72. The second kappa shape index (κ2) is 7.44. The third kappa shape index (κ3) is 3.85. The molecule has 128 valence electrons. The number of amidine groups is 1. The Hall–Kier alpha value is -2.73. The molecule has 0 unspecified atom stereocenters. The van der Waals surface area contributed by atoms with E-state index in [0.29, 0.717) is 18.7 Å². The van der Waals surface area contributed by atoms with Crippen molar-refractivity contribution in [1.29, 1.82) is 5.41 Å². The number of aromatic nitrogens is 1. The first-order valence-corrected chi connectivity index (χ1v) is 8.81. The van der Waals surface area contributed by atoms with Gasteiger partial charge in [-0.1, -0.05) is 48.2 Å². The van der Waals surface area contributed by atoms with Crippen molar-refractivity contribution in [2.24, 2.45) is 5.73 Å². The van der Waals surface area contributed by atoms with Crippen molar-refractivity contribution < 1.29 is 4.79 Å². The number of carbonyl (C=O) groups excluding carboxylic acids is 1. The van der Waals surface area contributed by atoms with E-state index >= 15 is 0 Å². The highest BCUT2D eigenvalue weighted by atomic mass is 32.2. The van der Waals surface area contributed by atoms with Crippen molar-refractivity contribution >= 4 is 33.7 Å². The average Bonchev–Trinajstić information content (AvgIpc) is 2.93. The van der Waals surface area contributed by atoms with Gasteiger partial charge in [0.1, 0.15) is 0 Å². The molecule has 2 aromatic carbocycles. The smallest absolute Gasteiger partial charge is 0.251 e. The molecular formula is C19H20N4OS. The number of rotatable bonds is 5. The third-order valence-corrected chi connectivity index (χ3v) is 4.77. The number of aryl methyl sites for hydroxylation is 1. The fourth-order valence-electron chi connectivity index (χ4n) is 2.81. The van der Waals surface area contributed by atoms with Crippen molar-refractivity contribution in [1.82, 2.24) is 9.88 Å². The average molecular weight is 352 g/mol. The first-order chi connectivity index (χ1) is 12.1. The predicted octanol–water partition coefficient (Wildman–Crippen LogP) is 3.37. The molecular weight excluding hydrogens is 332 g/mol. The minimum Gasteiger partial charge on any atom is -0.378 e. The Bertz CT molecular complexity index is 932. The monoisotopic (exact) mass is 352 g/mol. The van der Waals surface area contributed by atoms with E-state index in [4.69, 9.17) is 11.1 Å². The van der Waals surface area contributed by atoms with Crippen LogP contribution < -0.4 is 11.1 Å². The molecule has 1 aromatic heterocycles. The van der Waals surface area contributed by atoms with Gasteiger partial charge in [-0.15, -0.1) is 0 Å². The van der Waals surface area contributed by atoms with E-state index in [-0.39, 0.29) is 11.1 Å². The van der Waals surface area contributed by atoms with Gasteiger partial charge in [-0.25, -0.2) is 0 Å². The summed E-state index contributed by atoms with van der Waals surface area (Å²) in [6.07, 6.45) is 1.98. The van der Waals surface area contributed by atoms with Gasteiger partial charge in [0.05, 0.1) is 0 Å². The van der Waals surface area contributed by atoms with Gasteiger partial charge in [0.25, 0.3) is 5.91 Å². The van der Waals surface area contributed by atoms with Crippen LogP contribution in [0.4, 0.5) is 0 Å². The molecule has 0 saturated carbocycles. The van der Waals surface area contributed by atoms with Crippen molar-refractivity contribution in [2.45, 2.75) is 18.4 Å². The molecule has 6 heteroatoms. The largest absolute Gasteiger partial charge is 0.378 e. The highest BCUT2D eigenvalue weighted by Crippen LogP contribution is 2.29. The molecule has 0 aliphatic rings. The third-order valence-electron chi connectivity index (χ3n) is 4.00. The summed E-state index contributed by atoms with van der Waals surface area (Å²) in [5.41, 5.74) is 8.26. The summed E-state index contributed by atoms with van der Waals surface area (Å²) in [7, 11) is 0. The van der Waals surface area contributed by atoms with Gasteiger partial charge in [0.2, 0.25) is 0 Å². The van der Waals surface area contributed by atoms with Crippen LogP contribution in [0.2, 0.25) is 0 Å². The van der Waals surface area contributed by atoms with Crippen molar-refractivity contribution in [2.75, 3.05) is 6.54 Å². The number of thioether (sulfide) groups is 1. The molecule has 1 amide bonds. The summed E-state index contributed by atoms with van der Waals surface area (Å²) in [6.45, 7) is 3.10. The Labute approximate surface area is 150 Å². The number of nitrogens with zero attached hydrogens (tertiary/aromatic N) is 1. The Morgan fingerprint density at radius 1 is 1.20 bits per heavy atom. The fourth-order valence-corrected chi connectivity index (χ4v) is 3.51. The summed E-state index contributed by atoms with van der Waals surface area (Å²) < 4.78 is 2.08. The molecule has 0 radical (unpaired) electrons. The number of hydrogen-bond acceptors (Lipinski definition) is 3. The minimum absolute atomic E-state index is 0.0621. The van der Waals surface area contributed by atoms with Crippen molar-refractivity contribution in [3.05, 3.63) is 65.9 Å². The van der Waals surface area contributed by atoms with Crippen LogP contribution >= 0.6 is 11.8 Å². The molecule has 5 nitrogen and oxygen atoms in total. The van der Waals surface area contributed by atoms with E-state index in [0.717, 1.165) is 21.4 Å². The van der Waals surface area contributed by atoms with E-state index in [1.807, 2.05) is 61.7 Å². The van der Waals surface area contributed by atoms with E-state index in [9.17, 15) is 4.79 Å². The van der Waals surface area contributed by atoms with Gasteiger partial charge in [0.15, 0.2) is 5.17 Å². The van der Waals surface area contributed by atoms with Crippen LogP contribution in [0.15, 0.2) is 59.6 Å². The summed E-state index contributed by atoms with van der Waals surface area (Å²) in [5, 5.41) is 11.6. The number of nitrogens with one attached hydrogen (secondary N) is 2. The molecule has 0 saturated heterocycles. The van der Waals surface area contributed by atoms with Gasteiger partial charge < -0.3 is 15.6 Å². The van der Waals surface area contributed by atoms with E-state index in [1.165, 1.54) is 11.8 Å². The zero-order valence-electron chi connectivity index (χ0n) is 14.0. The van der Waals surface area contributed by atoms with E-state index in [1.54, 1.807) is 0 Å². The molecule has 4 N–H and O–H groups in total. The minimum atomic E-state index is -0.0621. The summed E-state index contributed by atoms with van der Waals surface area (Å²) in [6, 6.07) is 15.5. The number of amides is 1. The number of para-hydroxylation sites is 1. The van der Waals surface area contributed by atoms with Gasteiger partial charge in [-0.2, -0.15) is 0 Å². The van der Waals surface area contributed by atoms with Crippen LogP contribution in [0.1, 0.15) is 15.9 Å². The summed E-state index contributed by atoms with van der Waals surface area (Å²) in [4.78, 5) is 13.3. The van der Waals surface area contributed by atoms with Gasteiger partial charge in [-0.3, -0.25) is 10.2 Å². The number of fused-ring (bicyclic) bond motifs is 1. The van der Waals surface area contributed by atoms with Crippen molar-refractivity contribution in [3.8, 4) is 0 Å². The maximum absolute atomic E-state index is 12.3. The second-order valence-electron chi connectivity index (χ2n) is 5.74. The number of hydrogen-bond donors (Lipinski definition) is 3. The van der Waals surface area contributed by atoms with Crippen LogP contribution in [0.25, 0.3) is 10.9 Å². The quantitative estimate of drug-likeness (QED) is 0.374. The lowest BCUT2D eigenvalue weighted by atomic mass is 10.1. The zero-order valence-corrected chi connectivity index (χ0v) is 14.8. The Kier molecular flexibility index (Phi) is 5.09. The van der Waals surface area contributed by atoms with Crippen LogP contribution in [-0.2, 0) is 6.54 Å². The molecule has 3 aromatic rings.